The summed E-state index contributed by atoms with van der Waals surface area (Å²) in [6.07, 6.45) is 7.04. The number of rotatable bonds is 1. The molecule has 3 atom stereocenters. The third-order valence-corrected chi connectivity index (χ3v) is 6.14. The maximum Gasteiger partial charge on any atom is 0.308 e. The molecule has 0 aromatic heterocycles. The molecule has 0 unspecified atom stereocenters. The number of ketones is 1. The molecule has 3 nitrogen and oxygen atoms in total. The van der Waals surface area contributed by atoms with Gasteiger partial charge in [0, 0.05) is 18.8 Å². The molecule has 0 heterocycles. The van der Waals surface area contributed by atoms with Crippen LogP contribution in [0.15, 0.2) is 24.3 Å². The van der Waals surface area contributed by atoms with Crippen LogP contribution in [-0.4, -0.2) is 11.8 Å². The fraction of sp³-hybridized carbons (Fsp3) is 0.500. The zero-order chi connectivity index (χ0) is 16.2. The summed E-state index contributed by atoms with van der Waals surface area (Å²) in [5.41, 5.74) is 3.83. The van der Waals surface area contributed by atoms with Crippen molar-refractivity contribution in [2.24, 2.45) is 17.3 Å². The Balaban J connectivity index is 1.71. The Morgan fingerprint density at radius 2 is 2.09 bits per heavy atom. The Morgan fingerprint density at radius 3 is 2.87 bits per heavy atom. The first kappa shape index (κ1) is 14.7. The fourth-order valence-electron chi connectivity index (χ4n) is 4.96. The third kappa shape index (κ3) is 2.17. The number of carbonyl (C=O) groups is 2. The molecule has 1 saturated carbocycles. The first-order chi connectivity index (χ1) is 11.0. The molecule has 1 fully saturated rings. The number of ether oxygens (including phenoxy) is 1. The van der Waals surface area contributed by atoms with Crippen LogP contribution in [0.25, 0.3) is 5.57 Å². The monoisotopic (exact) mass is 310 g/mol. The number of Topliss-reactive ketones (excluding diaryl/α,β-unsaturated/α-hetero) is 1. The fourth-order valence-corrected chi connectivity index (χ4v) is 4.96. The van der Waals surface area contributed by atoms with Gasteiger partial charge in [0.05, 0.1) is 0 Å². The van der Waals surface area contributed by atoms with Crippen molar-refractivity contribution < 1.29 is 14.3 Å². The van der Waals surface area contributed by atoms with E-state index < -0.39 is 0 Å². The van der Waals surface area contributed by atoms with Crippen LogP contribution in [0.2, 0.25) is 0 Å². The van der Waals surface area contributed by atoms with Gasteiger partial charge < -0.3 is 4.74 Å². The van der Waals surface area contributed by atoms with Crippen LogP contribution < -0.4 is 4.74 Å². The van der Waals surface area contributed by atoms with E-state index in [1.54, 1.807) is 0 Å². The highest BCUT2D eigenvalue weighted by Gasteiger charge is 2.51. The van der Waals surface area contributed by atoms with E-state index >= 15 is 0 Å². The van der Waals surface area contributed by atoms with Crippen molar-refractivity contribution in [3.8, 4) is 5.75 Å². The lowest BCUT2D eigenvalue weighted by molar-refractivity contribution is -0.132. The van der Waals surface area contributed by atoms with Crippen LogP contribution in [0.3, 0.4) is 0 Å². The number of aryl methyl sites for hydroxylation is 1. The van der Waals surface area contributed by atoms with Crippen LogP contribution in [-0.2, 0) is 16.0 Å². The normalized spacial score (nSPS) is 31.7. The van der Waals surface area contributed by atoms with Crippen molar-refractivity contribution >= 4 is 17.3 Å². The van der Waals surface area contributed by atoms with Gasteiger partial charge in [-0.25, -0.2) is 0 Å². The number of allylic oxidation sites excluding steroid dienone is 2. The second-order valence-electron chi connectivity index (χ2n) is 7.41. The summed E-state index contributed by atoms with van der Waals surface area (Å²) in [6, 6.07) is 5.98. The molecule has 1 aromatic rings. The van der Waals surface area contributed by atoms with Crippen LogP contribution >= 0.6 is 0 Å². The number of fused-ring (bicyclic) bond motifs is 5. The quantitative estimate of drug-likeness (QED) is 0.583. The molecule has 23 heavy (non-hydrogen) atoms. The Bertz CT molecular complexity index is 730. The van der Waals surface area contributed by atoms with Gasteiger partial charge in [-0.05, 0) is 66.4 Å². The van der Waals surface area contributed by atoms with E-state index in [2.05, 4.69) is 19.1 Å². The molecular weight excluding hydrogens is 288 g/mol. The number of carbonyl (C=O) groups excluding carboxylic acids is 2. The van der Waals surface area contributed by atoms with Crippen LogP contribution in [0.4, 0.5) is 0 Å². The Labute approximate surface area is 136 Å². The SMILES string of the molecule is CC(=O)Oc1ccc2c(c1)CC[C@@H]1C2=CC[C@]2(C)C(=O)CC[C@@H]12. The Morgan fingerprint density at radius 1 is 1.26 bits per heavy atom. The third-order valence-electron chi connectivity index (χ3n) is 6.14. The molecule has 120 valence electrons. The standard InChI is InChI=1S/C20H22O3/c1-12(21)23-14-4-6-15-13(11-14)3-5-17-16(15)9-10-20(2)18(17)7-8-19(20)22/h4,6,9,11,17-18H,3,5,7-8,10H2,1-2H3/t17-,18+,20+/m1/s1. The average Bonchev–Trinajstić information content (AvgIpc) is 2.82. The van der Waals surface area contributed by atoms with Crippen molar-refractivity contribution in [1.29, 1.82) is 0 Å². The second kappa shape index (κ2) is 5.05. The number of benzene rings is 1. The predicted molar refractivity (Wildman–Crippen MR) is 88.0 cm³/mol. The van der Waals surface area contributed by atoms with Gasteiger partial charge in [-0.2, -0.15) is 0 Å². The van der Waals surface area contributed by atoms with Crippen LogP contribution in [0.5, 0.6) is 5.75 Å². The second-order valence-corrected chi connectivity index (χ2v) is 7.41. The summed E-state index contributed by atoms with van der Waals surface area (Å²) in [5.74, 6) is 1.81. The lowest BCUT2D eigenvalue weighted by Gasteiger charge is -2.43. The summed E-state index contributed by atoms with van der Waals surface area (Å²) in [5, 5.41) is 0. The highest BCUT2D eigenvalue weighted by Crippen LogP contribution is 2.56. The minimum atomic E-state index is -0.282. The molecule has 0 aliphatic heterocycles. The summed E-state index contributed by atoms with van der Waals surface area (Å²) < 4.78 is 5.21. The first-order valence-corrected chi connectivity index (χ1v) is 8.54. The van der Waals surface area contributed by atoms with Crippen LogP contribution in [0.1, 0.15) is 50.7 Å². The van der Waals surface area contributed by atoms with Gasteiger partial charge in [0.2, 0.25) is 0 Å². The maximum absolute atomic E-state index is 12.3. The van der Waals surface area contributed by atoms with E-state index in [4.69, 9.17) is 4.74 Å². The van der Waals surface area contributed by atoms with Gasteiger partial charge >= 0.3 is 5.97 Å². The van der Waals surface area contributed by atoms with Crippen LogP contribution in [0, 0.1) is 17.3 Å². The number of hydrogen-bond acceptors (Lipinski definition) is 3. The molecular formula is C20H22O3. The maximum atomic E-state index is 12.3. The molecule has 3 aliphatic carbocycles. The largest absolute Gasteiger partial charge is 0.427 e. The Kier molecular flexibility index (Phi) is 3.22. The molecule has 0 amide bonds. The zero-order valence-electron chi connectivity index (χ0n) is 13.7. The molecule has 1 aromatic carbocycles. The molecule has 0 bridgehead atoms. The van der Waals surface area contributed by atoms with Gasteiger partial charge in [-0.15, -0.1) is 0 Å². The smallest absolute Gasteiger partial charge is 0.308 e. The molecule has 3 aliphatic rings. The Hall–Kier alpha value is -1.90. The van der Waals surface area contributed by atoms with Gasteiger partial charge in [0.25, 0.3) is 0 Å². The van der Waals surface area contributed by atoms with Crippen molar-refractivity contribution in [2.45, 2.75) is 46.0 Å². The molecule has 0 saturated heterocycles. The lowest BCUT2D eigenvalue weighted by atomic mass is 9.60. The van der Waals surface area contributed by atoms with E-state index in [9.17, 15) is 9.59 Å². The predicted octanol–water partition coefficient (Wildman–Crippen LogP) is 3.95. The van der Waals surface area contributed by atoms with E-state index in [-0.39, 0.29) is 11.4 Å². The highest BCUT2D eigenvalue weighted by atomic mass is 16.5. The molecule has 0 N–H and O–H groups in total. The van der Waals surface area contributed by atoms with Crippen molar-refractivity contribution in [1.82, 2.24) is 0 Å². The van der Waals surface area contributed by atoms with Gasteiger partial charge in [0.1, 0.15) is 11.5 Å². The van der Waals surface area contributed by atoms with E-state index in [0.717, 1.165) is 32.1 Å². The highest BCUT2D eigenvalue weighted by molar-refractivity contribution is 5.89. The molecule has 3 heteroatoms. The molecule has 4 rings (SSSR count). The van der Waals surface area contributed by atoms with Crippen molar-refractivity contribution in [3.05, 3.63) is 35.4 Å². The van der Waals surface area contributed by atoms with Crippen molar-refractivity contribution in [2.75, 3.05) is 0 Å². The summed E-state index contributed by atoms with van der Waals surface area (Å²) >= 11 is 0. The minimum Gasteiger partial charge on any atom is -0.427 e. The molecule has 0 radical (unpaired) electrons. The van der Waals surface area contributed by atoms with E-state index in [1.165, 1.54) is 23.6 Å². The van der Waals surface area contributed by atoms with Gasteiger partial charge in [-0.3, -0.25) is 9.59 Å². The van der Waals surface area contributed by atoms with E-state index in [0.29, 0.717) is 23.4 Å². The van der Waals surface area contributed by atoms with Crippen molar-refractivity contribution in [3.63, 3.8) is 0 Å². The average molecular weight is 310 g/mol. The number of esters is 1. The van der Waals surface area contributed by atoms with Gasteiger partial charge in [0.15, 0.2) is 0 Å². The van der Waals surface area contributed by atoms with E-state index in [1.807, 2.05) is 12.1 Å². The lowest BCUT2D eigenvalue weighted by Crippen LogP contribution is -2.38. The number of hydrogen-bond donors (Lipinski definition) is 0. The summed E-state index contributed by atoms with van der Waals surface area (Å²) in [7, 11) is 0. The van der Waals surface area contributed by atoms with Gasteiger partial charge in [-0.1, -0.05) is 19.1 Å². The summed E-state index contributed by atoms with van der Waals surface area (Å²) in [6.45, 7) is 3.59. The molecule has 0 spiro atoms. The summed E-state index contributed by atoms with van der Waals surface area (Å²) in [4.78, 5) is 23.5. The minimum absolute atomic E-state index is 0.136. The first-order valence-electron chi connectivity index (χ1n) is 8.54. The zero-order valence-corrected chi connectivity index (χ0v) is 13.7. The topological polar surface area (TPSA) is 43.4 Å².